The quantitative estimate of drug-likeness (QED) is 0.743. The van der Waals surface area contributed by atoms with E-state index in [1.54, 1.807) is 0 Å². The first-order valence-electron chi connectivity index (χ1n) is 6.20. The van der Waals surface area contributed by atoms with Gasteiger partial charge in [0, 0.05) is 19.1 Å². The fourth-order valence-corrected chi connectivity index (χ4v) is 2.40. The van der Waals surface area contributed by atoms with E-state index < -0.39 is 5.60 Å². The van der Waals surface area contributed by atoms with Crippen LogP contribution in [-0.2, 0) is 4.74 Å². The van der Waals surface area contributed by atoms with Crippen LogP contribution in [0.3, 0.4) is 0 Å². The van der Waals surface area contributed by atoms with Crippen molar-refractivity contribution in [2.45, 2.75) is 63.2 Å². The summed E-state index contributed by atoms with van der Waals surface area (Å²) in [5, 5.41) is 10.4. The first-order valence-corrected chi connectivity index (χ1v) is 6.20. The van der Waals surface area contributed by atoms with Crippen molar-refractivity contribution in [1.29, 1.82) is 0 Å². The van der Waals surface area contributed by atoms with E-state index in [1.807, 2.05) is 0 Å². The van der Waals surface area contributed by atoms with Crippen molar-refractivity contribution in [1.82, 2.24) is 0 Å². The van der Waals surface area contributed by atoms with Gasteiger partial charge in [0.25, 0.3) is 0 Å². The number of hydrogen-bond donors (Lipinski definition) is 2. The summed E-state index contributed by atoms with van der Waals surface area (Å²) in [6, 6.07) is -0.0657. The minimum atomic E-state index is -0.665. The van der Waals surface area contributed by atoms with E-state index in [0.717, 1.165) is 19.3 Å². The molecule has 2 rings (SSSR count). The molecule has 2 aliphatic rings. The predicted octanol–water partition coefficient (Wildman–Crippen LogP) is 1.43. The van der Waals surface area contributed by atoms with Crippen LogP contribution in [0.25, 0.3) is 0 Å². The molecule has 0 aliphatic heterocycles. The highest BCUT2D eigenvalue weighted by Gasteiger charge is 2.38. The second kappa shape index (κ2) is 4.40. The Hall–Kier alpha value is -0.120. The van der Waals surface area contributed by atoms with Gasteiger partial charge in [0.15, 0.2) is 0 Å². The standard InChI is InChI=1S/C12H23NO2/c1-9-4-5-12(14,11(13)8-9)6-7-15-10-2-3-10/h9-11,14H,2-8,13H2,1H3. The normalized spacial score (nSPS) is 41.8. The fraction of sp³-hybridized carbons (Fsp3) is 1.00. The molecule has 3 nitrogen and oxygen atoms in total. The summed E-state index contributed by atoms with van der Waals surface area (Å²) in [7, 11) is 0. The lowest BCUT2D eigenvalue weighted by molar-refractivity contribution is -0.0525. The van der Waals surface area contributed by atoms with Crippen LogP contribution >= 0.6 is 0 Å². The molecule has 15 heavy (non-hydrogen) atoms. The van der Waals surface area contributed by atoms with Crippen LogP contribution in [0.1, 0.15) is 45.4 Å². The number of rotatable bonds is 4. The van der Waals surface area contributed by atoms with Crippen LogP contribution in [-0.4, -0.2) is 29.5 Å². The van der Waals surface area contributed by atoms with Gasteiger partial charge in [0.2, 0.25) is 0 Å². The summed E-state index contributed by atoms with van der Waals surface area (Å²) in [5.41, 5.74) is 5.37. The molecule has 3 atom stereocenters. The minimum absolute atomic E-state index is 0.0657. The molecule has 2 aliphatic carbocycles. The Bertz CT molecular complexity index is 218. The molecular weight excluding hydrogens is 190 g/mol. The minimum Gasteiger partial charge on any atom is -0.388 e. The second-order valence-corrected chi connectivity index (χ2v) is 5.41. The molecular formula is C12H23NO2. The Labute approximate surface area is 92.0 Å². The van der Waals surface area contributed by atoms with E-state index in [2.05, 4.69) is 6.92 Å². The van der Waals surface area contributed by atoms with E-state index in [9.17, 15) is 5.11 Å². The van der Waals surface area contributed by atoms with Crippen molar-refractivity contribution >= 4 is 0 Å². The SMILES string of the molecule is CC1CCC(O)(CCOC2CC2)C(N)C1. The largest absolute Gasteiger partial charge is 0.388 e. The summed E-state index contributed by atoms with van der Waals surface area (Å²) in [4.78, 5) is 0. The third-order valence-electron chi connectivity index (χ3n) is 3.83. The van der Waals surface area contributed by atoms with Crippen LogP contribution in [0.15, 0.2) is 0 Å². The van der Waals surface area contributed by atoms with Gasteiger partial charge in [-0.3, -0.25) is 0 Å². The van der Waals surface area contributed by atoms with Gasteiger partial charge in [-0.1, -0.05) is 6.92 Å². The monoisotopic (exact) mass is 213 g/mol. The molecule has 2 fully saturated rings. The molecule has 0 aromatic carbocycles. The van der Waals surface area contributed by atoms with Crippen LogP contribution < -0.4 is 5.73 Å². The number of nitrogens with two attached hydrogens (primary N) is 1. The second-order valence-electron chi connectivity index (χ2n) is 5.41. The van der Waals surface area contributed by atoms with Crippen LogP contribution in [0, 0.1) is 5.92 Å². The molecule has 0 bridgehead atoms. The fourth-order valence-electron chi connectivity index (χ4n) is 2.40. The molecule has 88 valence electrons. The van der Waals surface area contributed by atoms with Crippen LogP contribution in [0.5, 0.6) is 0 Å². The first kappa shape index (κ1) is 11.4. The molecule has 0 heterocycles. The number of ether oxygens (including phenoxy) is 1. The number of hydrogen-bond acceptors (Lipinski definition) is 3. The lowest BCUT2D eigenvalue weighted by atomic mass is 9.74. The highest BCUT2D eigenvalue weighted by atomic mass is 16.5. The number of aliphatic hydroxyl groups is 1. The summed E-state index contributed by atoms with van der Waals surface area (Å²) < 4.78 is 5.58. The highest BCUT2D eigenvalue weighted by Crippen LogP contribution is 2.34. The maximum absolute atomic E-state index is 10.4. The van der Waals surface area contributed by atoms with E-state index in [-0.39, 0.29) is 6.04 Å². The molecule has 3 unspecified atom stereocenters. The topological polar surface area (TPSA) is 55.5 Å². The van der Waals surface area contributed by atoms with E-state index in [1.165, 1.54) is 12.8 Å². The van der Waals surface area contributed by atoms with Gasteiger partial charge in [-0.2, -0.15) is 0 Å². The van der Waals surface area contributed by atoms with Crippen molar-refractivity contribution in [3.05, 3.63) is 0 Å². The van der Waals surface area contributed by atoms with Crippen molar-refractivity contribution in [3.8, 4) is 0 Å². The maximum atomic E-state index is 10.4. The Morgan fingerprint density at radius 3 is 2.73 bits per heavy atom. The van der Waals surface area contributed by atoms with Crippen molar-refractivity contribution < 1.29 is 9.84 Å². The average Bonchev–Trinajstić information content (AvgIpc) is 2.97. The van der Waals surface area contributed by atoms with Gasteiger partial charge in [0.05, 0.1) is 11.7 Å². The van der Waals surface area contributed by atoms with Gasteiger partial charge in [-0.05, 0) is 38.0 Å². The van der Waals surface area contributed by atoms with Crippen molar-refractivity contribution in [3.63, 3.8) is 0 Å². The average molecular weight is 213 g/mol. The van der Waals surface area contributed by atoms with Crippen LogP contribution in [0.4, 0.5) is 0 Å². The lowest BCUT2D eigenvalue weighted by Gasteiger charge is -2.40. The molecule has 3 heteroatoms. The molecule has 0 spiro atoms. The summed E-state index contributed by atoms with van der Waals surface area (Å²) in [5.74, 6) is 0.657. The van der Waals surface area contributed by atoms with Gasteiger partial charge in [-0.25, -0.2) is 0 Å². The lowest BCUT2D eigenvalue weighted by Crippen LogP contribution is -2.52. The third kappa shape index (κ3) is 2.92. The first-order chi connectivity index (χ1) is 7.10. The summed E-state index contributed by atoms with van der Waals surface area (Å²) in [6.07, 6.45) is 6.45. The van der Waals surface area contributed by atoms with Gasteiger partial charge >= 0.3 is 0 Å². The van der Waals surface area contributed by atoms with Crippen LogP contribution in [0.2, 0.25) is 0 Å². The Kier molecular flexibility index (Phi) is 3.33. The van der Waals surface area contributed by atoms with E-state index >= 15 is 0 Å². The molecule has 0 amide bonds. The van der Waals surface area contributed by atoms with Crippen molar-refractivity contribution in [2.24, 2.45) is 11.7 Å². The maximum Gasteiger partial charge on any atom is 0.0820 e. The Morgan fingerprint density at radius 2 is 2.13 bits per heavy atom. The van der Waals surface area contributed by atoms with Crippen molar-refractivity contribution in [2.75, 3.05) is 6.61 Å². The zero-order valence-electron chi connectivity index (χ0n) is 9.61. The Balaban J connectivity index is 1.76. The van der Waals surface area contributed by atoms with E-state index in [4.69, 9.17) is 10.5 Å². The predicted molar refractivity (Wildman–Crippen MR) is 59.5 cm³/mol. The van der Waals surface area contributed by atoms with Gasteiger partial charge in [0.1, 0.15) is 0 Å². The molecule has 3 N–H and O–H groups in total. The molecule has 0 radical (unpaired) electrons. The molecule has 0 saturated heterocycles. The zero-order valence-corrected chi connectivity index (χ0v) is 9.61. The molecule has 0 aromatic rings. The van der Waals surface area contributed by atoms with Gasteiger partial charge in [-0.15, -0.1) is 0 Å². The highest BCUT2D eigenvalue weighted by molar-refractivity contribution is 4.94. The third-order valence-corrected chi connectivity index (χ3v) is 3.83. The Morgan fingerprint density at radius 1 is 1.40 bits per heavy atom. The molecule has 0 aromatic heterocycles. The van der Waals surface area contributed by atoms with Gasteiger partial charge < -0.3 is 15.6 Å². The smallest absolute Gasteiger partial charge is 0.0820 e. The summed E-state index contributed by atoms with van der Waals surface area (Å²) in [6.45, 7) is 2.88. The molecule has 2 saturated carbocycles. The zero-order chi connectivity index (χ0) is 10.9. The van der Waals surface area contributed by atoms with E-state index in [0.29, 0.717) is 25.0 Å². The summed E-state index contributed by atoms with van der Waals surface area (Å²) >= 11 is 0.